The Morgan fingerprint density at radius 3 is 2.32 bits per heavy atom. The molecule has 2 amide bonds. The predicted octanol–water partition coefficient (Wildman–Crippen LogP) is 1.32. The van der Waals surface area contributed by atoms with E-state index in [9.17, 15) is 14.4 Å². The van der Waals surface area contributed by atoms with Gasteiger partial charge >= 0.3 is 0 Å². The number of Topliss-reactive ketones (excluding diaryl/α,β-unsaturated/α-hetero) is 1. The summed E-state index contributed by atoms with van der Waals surface area (Å²) in [6, 6.07) is 8.60. The number of hydrogen-bond acceptors (Lipinski definition) is 3. The van der Waals surface area contributed by atoms with Crippen molar-refractivity contribution >= 4 is 17.6 Å². The highest BCUT2D eigenvalue weighted by atomic mass is 16.2. The van der Waals surface area contributed by atoms with E-state index in [0.29, 0.717) is 19.5 Å². The Bertz CT molecular complexity index is 536. The first kappa shape index (κ1) is 16.2. The maximum absolute atomic E-state index is 12.5. The molecule has 1 saturated heterocycles. The normalized spacial score (nSPS) is 16.0. The lowest BCUT2D eigenvalue weighted by Gasteiger charge is -2.27. The maximum atomic E-state index is 12.5. The van der Waals surface area contributed by atoms with Crippen molar-refractivity contribution in [2.75, 3.05) is 13.1 Å². The van der Waals surface area contributed by atoms with Gasteiger partial charge in [-0.25, -0.2) is 0 Å². The van der Waals surface area contributed by atoms with Gasteiger partial charge in [-0.2, -0.15) is 0 Å². The van der Waals surface area contributed by atoms with Crippen LogP contribution in [-0.4, -0.2) is 41.6 Å². The van der Waals surface area contributed by atoms with Crippen LogP contribution in [0.25, 0.3) is 0 Å². The van der Waals surface area contributed by atoms with E-state index in [4.69, 9.17) is 0 Å². The SMILES string of the molecule is CC(=O)N[C@@H](Cc1ccccc1)C(=O)C(=O)N1CCCCC1. The second-order valence-corrected chi connectivity index (χ2v) is 5.66. The summed E-state index contributed by atoms with van der Waals surface area (Å²) < 4.78 is 0. The topological polar surface area (TPSA) is 66.5 Å². The van der Waals surface area contributed by atoms with Crippen molar-refractivity contribution in [2.45, 2.75) is 38.6 Å². The number of rotatable bonds is 5. The van der Waals surface area contributed by atoms with Gasteiger partial charge in [0.05, 0.1) is 0 Å². The molecular formula is C17H22N2O3. The number of ketones is 1. The standard InChI is InChI=1S/C17H22N2O3/c1-13(20)18-15(12-14-8-4-2-5-9-14)16(21)17(22)19-10-6-3-7-11-19/h2,4-5,8-9,15H,3,6-7,10-12H2,1H3,(H,18,20)/t15-/m0/s1. The van der Waals surface area contributed by atoms with Crippen LogP contribution in [0.1, 0.15) is 31.7 Å². The number of carbonyl (C=O) groups is 3. The fourth-order valence-corrected chi connectivity index (χ4v) is 2.71. The van der Waals surface area contributed by atoms with Crippen LogP contribution in [0.15, 0.2) is 30.3 Å². The lowest BCUT2D eigenvalue weighted by atomic mass is 10.0. The van der Waals surface area contributed by atoms with Crippen LogP contribution in [0.3, 0.4) is 0 Å². The molecule has 1 heterocycles. The summed E-state index contributed by atoms with van der Waals surface area (Å²) in [6.07, 6.45) is 3.29. The van der Waals surface area contributed by atoms with Gasteiger partial charge in [0.2, 0.25) is 11.7 Å². The van der Waals surface area contributed by atoms with E-state index in [-0.39, 0.29) is 5.91 Å². The average Bonchev–Trinajstić information content (AvgIpc) is 2.54. The number of piperidine rings is 1. The molecule has 0 radical (unpaired) electrons. The van der Waals surface area contributed by atoms with Crippen LogP contribution in [0.4, 0.5) is 0 Å². The third kappa shape index (κ3) is 4.41. The second kappa shape index (κ2) is 7.73. The summed E-state index contributed by atoms with van der Waals surface area (Å²) in [4.78, 5) is 37.8. The highest BCUT2D eigenvalue weighted by Gasteiger charge is 2.30. The number of amides is 2. The van der Waals surface area contributed by atoms with Gasteiger partial charge in [-0.15, -0.1) is 0 Å². The van der Waals surface area contributed by atoms with Crippen LogP contribution in [0.5, 0.6) is 0 Å². The number of hydrogen-bond donors (Lipinski definition) is 1. The zero-order valence-electron chi connectivity index (χ0n) is 12.9. The number of nitrogens with zero attached hydrogens (tertiary/aromatic N) is 1. The smallest absolute Gasteiger partial charge is 0.292 e. The van der Waals surface area contributed by atoms with Crippen LogP contribution >= 0.6 is 0 Å². The van der Waals surface area contributed by atoms with Gasteiger partial charge in [0.15, 0.2) is 0 Å². The predicted molar refractivity (Wildman–Crippen MR) is 83.2 cm³/mol. The first-order chi connectivity index (χ1) is 10.6. The van der Waals surface area contributed by atoms with E-state index in [1.165, 1.54) is 6.92 Å². The van der Waals surface area contributed by atoms with Gasteiger partial charge in [-0.3, -0.25) is 14.4 Å². The number of nitrogens with one attached hydrogen (secondary N) is 1. The lowest BCUT2D eigenvalue weighted by molar-refractivity contribution is -0.146. The second-order valence-electron chi connectivity index (χ2n) is 5.66. The summed E-state index contributed by atoms with van der Waals surface area (Å²) >= 11 is 0. The van der Waals surface area contributed by atoms with Crippen molar-refractivity contribution in [3.8, 4) is 0 Å². The summed E-state index contributed by atoms with van der Waals surface area (Å²) in [5, 5.41) is 2.61. The Kier molecular flexibility index (Phi) is 5.69. The highest BCUT2D eigenvalue weighted by Crippen LogP contribution is 2.11. The zero-order valence-corrected chi connectivity index (χ0v) is 12.9. The quantitative estimate of drug-likeness (QED) is 0.834. The summed E-state index contributed by atoms with van der Waals surface area (Å²) in [6.45, 7) is 2.61. The molecule has 1 aliphatic rings. The Labute approximate surface area is 130 Å². The average molecular weight is 302 g/mol. The van der Waals surface area contributed by atoms with E-state index in [1.54, 1.807) is 4.90 Å². The molecular weight excluding hydrogens is 280 g/mol. The molecule has 1 aromatic rings. The van der Waals surface area contributed by atoms with Crippen LogP contribution in [0.2, 0.25) is 0 Å². The monoisotopic (exact) mass is 302 g/mol. The Morgan fingerprint density at radius 1 is 1.09 bits per heavy atom. The third-order valence-corrected chi connectivity index (χ3v) is 3.83. The Balaban J connectivity index is 2.08. The molecule has 2 rings (SSSR count). The van der Waals surface area contributed by atoms with Crippen LogP contribution in [0, 0.1) is 0 Å². The summed E-state index contributed by atoms with van der Waals surface area (Å²) in [5.74, 6) is -1.31. The molecule has 1 fully saturated rings. The van der Waals surface area contributed by atoms with Crippen LogP contribution in [-0.2, 0) is 20.8 Å². The molecule has 0 saturated carbocycles. The van der Waals surface area contributed by atoms with Crippen molar-refractivity contribution in [1.82, 2.24) is 10.2 Å². The molecule has 5 heteroatoms. The minimum atomic E-state index is -0.797. The van der Waals surface area contributed by atoms with Gasteiger partial charge in [0, 0.05) is 26.4 Å². The third-order valence-electron chi connectivity index (χ3n) is 3.83. The molecule has 0 unspecified atom stereocenters. The lowest BCUT2D eigenvalue weighted by Crippen LogP contribution is -2.50. The molecule has 22 heavy (non-hydrogen) atoms. The van der Waals surface area contributed by atoms with Crippen molar-refractivity contribution in [3.63, 3.8) is 0 Å². The fourth-order valence-electron chi connectivity index (χ4n) is 2.71. The molecule has 0 bridgehead atoms. The van der Waals surface area contributed by atoms with Gasteiger partial charge in [0.25, 0.3) is 5.91 Å². The van der Waals surface area contributed by atoms with Gasteiger partial charge < -0.3 is 10.2 Å². The first-order valence-electron chi connectivity index (χ1n) is 7.72. The van der Waals surface area contributed by atoms with E-state index in [2.05, 4.69) is 5.32 Å². The van der Waals surface area contributed by atoms with E-state index < -0.39 is 17.7 Å². The first-order valence-corrected chi connectivity index (χ1v) is 7.72. The summed E-state index contributed by atoms with van der Waals surface area (Å²) in [5.41, 5.74) is 0.918. The number of benzene rings is 1. The maximum Gasteiger partial charge on any atom is 0.292 e. The van der Waals surface area contributed by atoms with Crippen molar-refractivity contribution in [1.29, 1.82) is 0 Å². The number of likely N-dealkylation sites (tertiary alicyclic amines) is 1. The molecule has 0 aromatic heterocycles. The Morgan fingerprint density at radius 2 is 1.73 bits per heavy atom. The van der Waals surface area contributed by atoms with Crippen LogP contribution < -0.4 is 5.32 Å². The van der Waals surface area contributed by atoms with Gasteiger partial charge in [-0.05, 0) is 24.8 Å². The molecule has 0 spiro atoms. The highest BCUT2D eigenvalue weighted by molar-refractivity contribution is 6.38. The minimum absolute atomic E-state index is 0.305. The molecule has 1 aliphatic heterocycles. The van der Waals surface area contributed by atoms with Gasteiger partial charge in [-0.1, -0.05) is 30.3 Å². The van der Waals surface area contributed by atoms with Crippen molar-refractivity contribution < 1.29 is 14.4 Å². The van der Waals surface area contributed by atoms with E-state index in [0.717, 1.165) is 24.8 Å². The number of carbonyl (C=O) groups excluding carboxylic acids is 3. The fraction of sp³-hybridized carbons (Fsp3) is 0.471. The van der Waals surface area contributed by atoms with Crippen molar-refractivity contribution in [3.05, 3.63) is 35.9 Å². The van der Waals surface area contributed by atoms with Gasteiger partial charge in [0.1, 0.15) is 6.04 Å². The molecule has 1 N–H and O–H groups in total. The largest absolute Gasteiger partial charge is 0.346 e. The van der Waals surface area contributed by atoms with E-state index >= 15 is 0 Å². The molecule has 1 atom stereocenters. The zero-order chi connectivity index (χ0) is 15.9. The summed E-state index contributed by atoms with van der Waals surface area (Å²) in [7, 11) is 0. The van der Waals surface area contributed by atoms with Crippen molar-refractivity contribution in [2.24, 2.45) is 0 Å². The molecule has 118 valence electrons. The molecule has 1 aromatic carbocycles. The van der Waals surface area contributed by atoms with E-state index in [1.807, 2.05) is 30.3 Å². The minimum Gasteiger partial charge on any atom is -0.346 e. The Hall–Kier alpha value is -2.17. The molecule has 0 aliphatic carbocycles. The molecule has 5 nitrogen and oxygen atoms in total.